The van der Waals surface area contributed by atoms with Crippen LogP contribution in [0.1, 0.15) is 49.8 Å². The van der Waals surface area contributed by atoms with Crippen molar-refractivity contribution < 1.29 is 4.79 Å². The van der Waals surface area contributed by atoms with Gasteiger partial charge in [-0.2, -0.15) is 5.26 Å². The molecule has 1 amide bonds. The Kier molecular flexibility index (Phi) is 6.34. The summed E-state index contributed by atoms with van der Waals surface area (Å²) in [6.45, 7) is 7.93. The smallest absolute Gasteiger partial charge is 0.224 e. The predicted molar refractivity (Wildman–Crippen MR) is 108 cm³/mol. The zero-order valence-corrected chi connectivity index (χ0v) is 16.9. The van der Waals surface area contributed by atoms with Crippen LogP contribution in [0.5, 0.6) is 0 Å². The molecular weight excluding hydrogens is 367 g/mol. The molecule has 26 heavy (non-hydrogen) atoms. The lowest BCUT2D eigenvalue weighted by Gasteiger charge is -2.19. The number of carbonyl (C=O) groups is 1. The first-order chi connectivity index (χ1) is 12.1. The van der Waals surface area contributed by atoms with Crippen LogP contribution in [0.25, 0.3) is 0 Å². The molecule has 0 fully saturated rings. The number of benzene rings is 2. The van der Waals surface area contributed by atoms with Gasteiger partial charge in [0.1, 0.15) is 0 Å². The van der Waals surface area contributed by atoms with Gasteiger partial charge in [-0.15, -0.1) is 0 Å². The molecule has 3 nitrogen and oxygen atoms in total. The second-order valence-electron chi connectivity index (χ2n) is 7.59. The minimum atomic E-state index is -0.502. The Bertz CT molecular complexity index is 846. The highest BCUT2D eigenvalue weighted by molar-refractivity contribution is 6.32. The van der Waals surface area contributed by atoms with Gasteiger partial charge in [0.2, 0.25) is 5.91 Å². The van der Waals surface area contributed by atoms with E-state index in [2.05, 4.69) is 11.4 Å². The Morgan fingerprint density at radius 3 is 2.35 bits per heavy atom. The Labute approximate surface area is 164 Å². The third kappa shape index (κ3) is 5.24. The maximum absolute atomic E-state index is 12.2. The number of hydrogen-bond donors (Lipinski definition) is 1. The summed E-state index contributed by atoms with van der Waals surface area (Å²) in [4.78, 5) is 12.2. The molecule has 0 aliphatic rings. The molecule has 0 saturated carbocycles. The monoisotopic (exact) mass is 388 g/mol. The first-order valence-corrected chi connectivity index (χ1v) is 9.11. The molecule has 1 N–H and O–H groups in total. The maximum Gasteiger partial charge on any atom is 0.224 e. The van der Waals surface area contributed by atoms with Crippen molar-refractivity contribution in [2.75, 3.05) is 5.32 Å². The maximum atomic E-state index is 12.2. The summed E-state index contributed by atoms with van der Waals surface area (Å²) < 4.78 is 0. The number of nitrogens with one attached hydrogen (secondary N) is 1. The van der Waals surface area contributed by atoms with Crippen LogP contribution < -0.4 is 5.32 Å². The summed E-state index contributed by atoms with van der Waals surface area (Å²) in [5.74, 6) is -0.559. The van der Waals surface area contributed by atoms with Gasteiger partial charge in [-0.3, -0.25) is 4.79 Å². The van der Waals surface area contributed by atoms with Gasteiger partial charge >= 0.3 is 0 Å². The van der Waals surface area contributed by atoms with Crippen molar-refractivity contribution in [2.24, 2.45) is 5.41 Å². The summed E-state index contributed by atoms with van der Waals surface area (Å²) in [6, 6.07) is 13.0. The number of amides is 1. The Balaban J connectivity index is 2.32. The van der Waals surface area contributed by atoms with Gasteiger partial charge < -0.3 is 5.32 Å². The number of hydrogen-bond acceptors (Lipinski definition) is 2. The zero-order chi connectivity index (χ0) is 19.5. The van der Waals surface area contributed by atoms with Gasteiger partial charge in [0.05, 0.1) is 12.0 Å². The third-order valence-corrected chi connectivity index (χ3v) is 4.53. The fourth-order valence-electron chi connectivity index (χ4n) is 2.71. The molecule has 0 heterocycles. The van der Waals surface area contributed by atoms with Gasteiger partial charge in [-0.25, -0.2) is 0 Å². The van der Waals surface area contributed by atoms with E-state index >= 15 is 0 Å². The number of nitriles is 1. The van der Waals surface area contributed by atoms with Gasteiger partial charge in [-0.05, 0) is 47.2 Å². The highest BCUT2D eigenvalue weighted by Crippen LogP contribution is 2.34. The van der Waals surface area contributed by atoms with Crippen molar-refractivity contribution in [2.45, 2.75) is 40.0 Å². The van der Waals surface area contributed by atoms with Crippen molar-refractivity contribution in [1.29, 1.82) is 5.26 Å². The highest BCUT2D eigenvalue weighted by atomic mass is 35.5. The second-order valence-corrected chi connectivity index (χ2v) is 8.43. The van der Waals surface area contributed by atoms with Crippen molar-refractivity contribution in [1.82, 2.24) is 0 Å². The van der Waals surface area contributed by atoms with E-state index < -0.39 is 5.92 Å². The lowest BCUT2D eigenvalue weighted by Crippen LogP contribution is -2.20. The Hall–Kier alpha value is -2.02. The SMILES string of the molecule is Cc1cc(C(C#N)c2ccc(Cl)cc2)c(Cl)cc1NC(=O)CC(C)(C)C. The van der Waals surface area contributed by atoms with E-state index in [0.29, 0.717) is 27.7 Å². The van der Waals surface area contributed by atoms with Crippen LogP contribution in [0.15, 0.2) is 36.4 Å². The molecule has 2 aromatic rings. The largest absolute Gasteiger partial charge is 0.326 e. The van der Waals surface area contributed by atoms with E-state index in [-0.39, 0.29) is 11.3 Å². The number of anilines is 1. The molecule has 0 radical (unpaired) electrons. The third-order valence-electron chi connectivity index (χ3n) is 3.95. The number of rotatable bonds is 4. The minimum absolute atomic E-state index is 0.0565. The zero-order valence-electron chi connectivity index (χ0n) is 15.4. The summed E-state index contributed by atoms with van der Waals surface area (Å²) in [5.41, 5.74) is 2.97. The normalized spacial score (nSPS) is 12.3. The van der Waals surface area contributed by atoms with E-state index in [0.717, 1.165) is 11.1 Å². The summed E-state index contributed by atoms with van der Waals surface area (Å²) >= 11 is 12.4. The van der Waals surface area contributed by atoms with E-state index in [4.69, 9.17) is 23.2 Å². The topological polar surface area (TPSA) is 52.9 Å². The van der Waals surface area contributed by atoms with Crippen LogP contribution in [-0.4, -0.2) is 5.91 Å². The lowest BCUT2D eigenvalue weighted by molar-refractivity contribution is -0.117. The Morgan fingerprint density at radius 2 is 1.81 bits per heavy atom. The van der Waals surface area contributed by atoms with E-state index in [1.165, 1.54) is 0 Å². The van der Waals surface area contributed by atoms with Gasteiger partial charge in [0, 0.05) is 22.2 Å². The van der Waals surface area contributed by atoms with Crippen molar-refractivity contribution in [3.63, 3.8) is 0 Å². The number of nitrogens with zero attached hydrogens (tertiary/aromatic N) is 1. The molecule has 0 spiro atoms. The average Bonchev–Trinajstić information content (AvgIpc) is 2.52. The van der Waals surface area contributed by atoms with E-state index in [1.54, 1.807) is 18.2 Å². The molecule has 1 unspecified atom stereocenters. The average molecular weight is 389 g/mol. The molecular formula is C21H22Cl2N2O. The molecule has 0 aliphatic heterocycles. The fourth-order valence-corrected chi connectivity index (χ4v) is 3.11. The van der Waals surface area contributed by atoms with Gasteiger partial charge in [0.15, 0.2) is 0 Å². The molecule has 0 aliphatic carbocycles. The summed E-state index contributed by atoms with van der Waals surface area (Å²) in [5, 5.41) is 13.6. The van der Waals surface area contributed by atoms with Crippen LogP contribution in [0.2, 0.25) is 10.0 Å². The van der Waals surface area contributed by atoms with Crippen LogP contribution in [-0.2, 0) is 4.79 Å². The quantitative estimate of drug-likeness (QED) is 0.664. The minimum Gasteiger partial charge on any atom is -0.326 e. The molecule has 0 bridgehead atoms. The number of carbonyl (C=O) groups excluding carboxylic acids is 1. The standard InChI is InChI=1S/C21H22Cl2N2O/c1-13-9-16(17(12-24)14-5-7-15(22)8-6-14)18(23)10-19(13)25-20(26)11-21(2,3)4/h5-10,17H,11H2,1-4H3,(H,25,26). The predicted octanol–water partition coefficient (Wildman–Crippen LogP) is 6.33. The summed E-state index contributed by atoms with van der Waals surface area (Å²) in [7, 11) is 0. The van der Waals surface area contributed by atoms with E-state index in [1.807, 2.05) is 45.9 Å². The van der Waals surface area contributed by atoms with Crippen molar-refractivity contribution >= 4 is 34.8 Å². The van der Waals surface area contributed by atoms with E-state index in [9.17, 15) is 10.1 Å². The molecule has 1 atom stereocenters. The van der Waals surface area contributed by atoms with Crippen LogP contribution in [0.3, 0.4) is 0 Å². The molecule has 5 heteroatoms. The molecule has 0 aromatic heterocycles. The fraction of sp³-hybridized carbons (Fsp3) is 0.333. The second kappa shape index (κ2) is 8.12. The first-order valence-electron chi connectivity index (χ1n) is 8.35. The van der Waals surface area contributed by atoms with Gasteiger partial charge in [0.25, 0.3) is 0 Å². The van der Waals surface area contributed by atoms with Crippen molar-refractivity contribution in [3.05, 3.63) is 63.1 Å². The molecule has 0 saturated heterocycles. The highest BCUT2D eigenvalue weighted by Gasteiger charge is 2.20. The molecule has 2 aromatic carbocycles. The number of aryl methyl sites for hydroxylation is 1. The molecule has 2 rings (SSSR count). The molecule has 136 valence electrons. The van der Waals surface area contributed by atoms with Crippen LogP contribution in [0, 0.1) is 23.7 Å². The van der Waals surface area contributed by atoms with Crippen LogP contribution in [0.4, 0.5) is 5.69 Å². The number of halogens is 2. The summed E-state index contributed by atoms with van der Waals surface area (Å²) in [6.07, 6.45) is 0.414. The Morgan fingerprint density at radius 1 is 1.19 bits per heavy atom. The lowest BCUT2D eigenvalue weighted by atomic mass is 9.90. The van der Waals surface area contributed by atoms with Crippen molar-refractivity contribution in [3.8, 4) is 6.07 Å². The first kappa shape index (κ1) is 20.3. The van der Waals surface area contributed by atoms with Crippen LogP contribution >= 0.6 is 23.2 Å². The van der Waals surface area contributed by atoms with Gasteiger partial charge in [-0.1, -0.05) is 62.2 Å².